The van der Waals surface area contributed by atoms with E-state index in [2.05, 4.69) is 5.32 Å². The van der Waals surface area contributed by atoms with Gasteiger partial charge in [0, 0.05) is 23.2 Å². The summed E-state index contributed by atoms with van der Waals surface area (Å²) in [5.74, 6) is -4.26. The Labute approximate surface area is 175 Å². The molecule has 2 aromatic rings. The van der Waals surface area contributed by atoms with Crippen LogP contribution < -0.4 is 11.1 Å². The average Bonchev–Trinajstić information content (AvgIpc) is 2.74. The number of aliphatic hydroxyl groups is 2. The fourth-order valence-corrected chi connectivity index (χ4v) is 3.86. The highest BCUT2D eigenvalue weighted by atomic mass is 32.2. The Kier molecular flexibility index (Phi) is 7.62. The van der Waals surface area contributed by atoms with Crippen LogP contribution in [-0.2, 0) is 9.47 Å². The number of benzene rings is 2. The van der Waals surface area contributed by atoms with E-state index in [-0.39, 0.29) is 17.8 Å². The first-order valence-corrected chi connectivity index (χ1v) is 9.92. The number of nitrogens with two attached hydrogens (primary N) is 1. The molecule has 2 aromatic carbocycles. The van der Waals surface area contributed by atoms with Crippen LogP contribution in [0.5, 0.6) is 0 Å². The van der Waals surface area contributed by atoms with Crippen molar-refractivity contribution < 1.29 is 32.9 Å². The highest BCUT2D eigenvalue weighted by molar-refractivity contribution is 7.99. The van der Waals surface area contributed by atoms with Crippen molar-refractivity contribution in [3.63, 3.8) is 0 Å². The van der Waals surface area contributed by atoms with Crippen LogP contribution in [-0.4, -0.2) is 47.3 Å². The fourth-order valence-electron chi connectivity index (χ4n) is 2.76. The van der Waals surface area contributed by atoms with Gasteiger partial charge in [-0.15, -0.1) is 0 Å². The van der Waals surface area contributed by atoms with Gasteiger partial charge in [-0.2, -0.15) is 0 Å². The van der Waals surface area contributed by atoms with Gasteiger partial charge in [-0.25, -0.2) is 13.2 Å². The third kappa shape index (κ3) is 5.46. The molecular formula is C20H21F3N2O4S. The summed E-state index contributed by atoms with van der Waals surface area (Å²) in [5.41, 5.74) is 5.20. The zero-order valence-electron chi connectivity index (χ0n) is 15.7. The Bertz CT molecular complexity index is 865. The van der Waals surface area contributed by atoms with Gasteiger partial charge in [-0.1, -0.05) is 30.0 Å². The summed E-state index contributed by atoms with van der Waals surface area (Å²) in [6.45, 7) is -0.283. The van der Waals surface area contributed by atoms with E-state index in [1.54, 1.807) is 0 Å². The number of halogens is 3. The second kappa shape index (κ2) is 10.2. The molecule has 0 bridgehead atoms. The van der Waals surface area contributed by atoms with Crippen molar-refractivity contribution in [1.82, 2.24) is 5.32 Å². The quantitative estimate of drug-likeness (QED) is 0.488. The summed E-state index contributed by atoms with van der Waals surface area (Å²) in [5, 5.41) is 22.2. The van der Waals surface area contributed by atoms with Gasteiger partial charge in [0.15, 0.2) is 23.7 Å². The average molecular weight is 442 g/mol. The first-order chi connectivity index (χ1) is 14.4. The highest BCUT2D eigenvalue weighted by Crippen LogP contribution is 2.32. The van der Waals surface area contributed by atoms with Crippen LogP contribution in [0.4, 0.5) is 13.2 Å². The number of ether oxygens (including phenoxy) is 2. The smallest absolute Gasteiger partial charge is 0.194 e. The van der Waals surface area contributed by atoms with Gasteiger partial charge in [0.05, 0.1) is 12.3 Å². The zero-order chi connectivity index (χ0) is 21.7. The van der Waals surface area contributed by atoms with Crippen LogP contribution in [0.25, 0.3) is 5.70 Å². The molecule has 30 heavy (non-hydrogen) atoms. The predicted octanol–water partition coefficient (Wildman–Crippen LogP) is 2.16. The second-order valence-corrected chi connectivity index (χ2v) is 7.66. The summed E-state index contributed by atoms with van der Waals surface area (Å²) in [7, 11) is 0. The van der Waals surface area contributed by atoms with Crippen LogP contribution in [0.2, 0.25) is 0 Å². The minimum Gasteiger partial charge on any atom is -0.397 e. The molecule has 0 amide bonds. The van der Waals surface area contributed by atoms with Gasteiger partial charge < -0.3 is 30.7 Å². The number of hydrogen-bond donors (Lipinski definition) is 4. The molecule has 0 radical (unpaired) electrons. The molecule has 4 unspecified atom stereocenters. The van der Waals surface area contributed by atoms with Gasteiger partial charge in [-0.05, 0) is 24.3 Å². The van der Waals surface area contributed by atoms with Crippen molar-refractivity contribution in [3.05, 3.63) is 71.7 Å². The normalized spacial score (nSPS) is 24.6. The Morgan fingerprint density at radius 1 is 1.10 bits per heavy atom. The summed E-state index contributed by atoms with van der Waals surface area (Å²) in [6, 6.07) is 10.9. The lowest BCUT2D eigenvalue weighted by molar-refractivity contribution is -0.270. The van der Waals surface area contributed by atoms with Crippen LogP contribution in [0, 0.1) is 17.5 Å². The first kappa shape index (κ1) is 22.4. The van der Waals surface area contributed by atoms with Crippen molar-refractivity contribution in [2.75, 3.05) is 13.2 Å². The third-order valence-corrected chi connectivity index (χ3v) is 5.51. The molecule has 3 rings (SSSR count). The highest BCUT2D eigenvalue weighted by Gasteiger charge is 2.38. The van der Waals surface area contributed by atoms with Gasteiger partial charge >= 0.3 is 0 Å². The van der Waals surface area contributed by atoms with E-state index in [4.69, 9.17) is 15.2 Å². The summed E-state index contributed by atoms with van der Waals surface area (Å²) in [4.78, 5) is 0.900. The Hall–Kier alpha value is -2.24. The maximum atomic E-state index is 13.4. The number of aliphatic hydroxyl groups excluding tert-OH is 2. The van der Waals surface area contributed by atoms with Crippen molar-refractivity contribution in [2.24, 2.45) is 5.73 Å². The standard InChI is InChI=1S/C20H21F3N2O4S/c21-13-6-11(7-14(22)18(13)23)15(24)8-25-9-16-20(29-17(10-26)19(27)28-16)30-12-4-2-1-3-5-12/h1-8,16-17,19-20,25-27H,9-10,24H2/b15-8-. The van der Waals surface area contributed by atoms with E-state index < -0.39 is 48.0 Å². The molecule has 1 fully saturated rings. The van der Waals surface area contributed by atoms with Crippen LogP contribution >= 0.6 is 11.8 Å². The second-order valence-electron chi connectivity index (χ2n) is 6.48. The van der Waals surface area contributed by atoms with Crippen molar-refractivity contribution in [2.45, 2.75) is 28.8 Å². The monoisotopic (exact) mass is 442 g/mol. The molecule has 0 spiro atoms. The third-order valence-electron chi connectivity index (χ3n) is 4.31. The molecule has 1 aliphatic heterocycles. The van der Waals surface area contributed by atoms with E-state index in [1.807, 2.05) is 30.3 Å². The molecule has 4 atom stereocenters. The summed E-state index contributed by atoms with van der Waals surface area (Å²) < 4.78 is 51.2. The maximum Gasteiger partial charge on any atom is 0.194 e. The van der Waals surface area contributed by atoms with Gasteiger partial charge in [0.1, 0.15) is 17.6 Å². The first-order valence-electron chi connectivity index (χ1n) is 9.04. The van der Waals surface area contributed by atoms with Crippen LogP contribution in [0.15, 0.2) is 53.6 Å². The molecule has 0 saturated carbocycles. The van der Waals surface area contributed by atoms with Crippen molar-refractivity contribution in [1.29, 1.82) is 0 Å². The van der Waals surface area contributed by atoms with Gasteiger partial charge in [0.2, 0.25) is 0 Å². The lowest BCUT2D eigenvalue weighted by atomic mass is 10.1. The molecule has 1 heterocycles. The molecule has 1 aliphatic rings. The maximum absolute atomic E-state index is 13.4. The largest absolute Gasteiger partial charge is 0.397 e. The van der Waals surface area contributed by atoms with Crippen molar-refractivity contribution >= 4 is 17.5 Å². The van der Waals surface area contributed by atoms with Crippen LogP contribution in [0.3, 0.4) is 0 Å². The van der Waals surface area contributed by atoms with E-state index in [0.29, 0.717) is 0 Å². The number of thioether (sulfide) groups is 1. The van der Waals surface area contributed by atoms with Crippen LogP contribution in [0.1, 0.15) is 5.56 Å². The fraction of sp³-hybridized carbons (Fsp3) is 0.300. The molecule has 5 N–H and O–H groups in total. The SMILES string of the molecule is N/C(=C\NCC1OC(O)C(CO)OC1Sc1ccccc1)c1cc(F)c(F)c(F)c1. The lowest BCUT2D eigenvalue weighted by Crippen LogP contribution is -2.52. The van der Waals surface area contributed by atoms with Gasteiger partial charge in [0.25, 0.3) is 0 Å². The summed E-state index contributed by atoms with van der Waals surface area (Å²) in [6.07, 6.45) is -1.56. The molecule has 162 valence electrons. The molecule has 0 aromatic heterocycles. The molecule has 6 nitrogen and oxygen atoms in total. The zero-order valence-corrected chi connectivity index (χ0v) is 16.5. The minimum absolute atomic E-state index is 0.0226. The van der Waals surface area contributed by atoms with E-state index in [0.717, 1.165) is 17.0 Å². The van der Waals surface area contributed by atoms with E-state index >= 15 is 0 Å². The molecule has 1 saturated heterocycles. The molecular weight excluding hydrogens is 421 g/mol. The summed E-state index contributed by atoms with van der Waals surface area (Å²) >= 11 is 1.35. The molecule has 0 aliphatic carbocycles. The topological polar surface area (TPSA) is 97.0 Å². The predicted molar refractivity (Wildman–Crippen MR) is 105 cm³/mol. The Morgan fingerprint density at radius 3 is 2.40 bits per heavy atom. The number of rotatable bonds is 7. The van der Waals surface area contributed by atoms with Crippen molar-refractivity contribution in [3.8, 4) is 0 Å². The lowest BCUT2D eigenvalue weighted by Gasteiger charge is -2.38. The molecule has 10 heteroatoms. The van der Waals surface area contributed by atoms with E-state index in [9.17, 15) is 23.4 Å². The minimum atomic E-state index is -1.57. The number of hydrogen-bond acceptors (Lipinski definition) is 7. The number of nitrogens with one attached hydrogen (secondary N) is 1. The Morgan fingerprint density at radius 2 is 1.77 bits per heavy atom. The Balaban J connectivity index is 1.68. The van der Waals surface area contributed by atoms with E-state index in [1.165, 1.54) is 18.0 Å². The van der Waals surface area contributed by atoms with Gasteiger partial charge in [-0.3, -0.25) is 0 Å².